The quantitative estimate of drug-likeness (QED) is 0.491. The van der Waals surface area contributed by atoms with Crippen LogP contribution < -0.4 is 15.1 Å². The molecule has 1 atom stereocenters. The number of hydrogen-bond donors (Lipinski definition) is 2. The molecule has 4 rings (SSSR count). The molecular weight excluding hydrogens is 464 g/mol. The van der Waals surface area contributed by atoms with Gasteiger partial charge < -0.3 is 15.3 Å². The number of hydrogen-bond acceptors (Lipinski definition) is 7. The first kappa shape index (κ1) is 24.2. The summed E-state index contributed by atoms with van der Waals surface area (Å²) in [5, 5.41) is 14.4. The van der Waals surface area contributed by atoms with Crippen molar-refractivity contribution in [3.05, 3.63) is 81.0 Å². The molecule has 0 saturated heterocycles. The van der Waals surface area contributed by atoms with E-state index in [9.17, 15) is 19.5 Å². The summed E-state index contributed by atoms with van der Waals surface area (Å²) in [4.78, 5) is 46.7. The van der Waals surface area contributed by atoms with E-state index in [-0.39, 0.29) is 11.5 Å². The van der Waals surface area contributed by atoms with Crippen LogP contribution >= 0.6 is 11.3 Å². The summed E-state index contributed by atoms with van der Waals surface area (Å²) in [7, 11) is 3.84. The average molecular weight is 491 g/mol. The fourth-order valence-electron chi connectivity index (χ4n) is 4.17. The lowest BCUT2D eigenvalue weighted by Crippen LogP contribution is -2.31. The van der Waals surface area contributed by atoms with Gasteiger partial charge in [-0.25, -0.2) is 4.98 Å². The highest BCUT2D eigenvalue weighted by molar-refractivity contribution is 7.14. The van der Waals surface area contributed by atoms with Gasteiger partial charge in [0.05, 0.1) is 27.2 Å². The lowest BCUT2D eigenvalue weighted by Gasteiger charge is -2.27. The third kappa shape index (κ3) is 4.54. The number of aliphatic hydroxyl groups excluding tert-OH is 1. The molecule has 0 bridgehead atoms. The lowest BCUT2D eigenvalue weighted by atomic mass is 9.94. The monoisotopic (exact) mass is 490 g/mol. The van der Waals surface area contributed by atoms with Crippen molar-refractivity contribution in [2.75, 3.05) is 29.2 Å². The Balaban J connectivity index is 1.87. The first-order chi connectivity index (χ1) is 16.6. The smallest absolute Gasteiger partial charge is 0.294 e. The van der Waals surface area contributed by atoms with Crippen molar-refractivity contribution in [3.8, 4) is 0 Å². The standard InChI is InChI=1S/C26H26N4O4S/c1-14-25(35-16(3)27-14)23(32)21-22(17-9-11-19(12-10-17)29(4)5)30(26(34)24(21)33)20-8-6-7-18(13-20)28-15(2)31/h6-13,22,33H,1-5H3,(H,28,31). The molecule has 0 saturated carbocycles. The minimum absolute atomic E-state index is 0.00397. The maximum Gasteiger partial charge on any atom is 0.294 e. The first-order valence-electron chi connectivity index (χ1n) is 11.0. The zero-order chi connectivity index (χ0) is 25.4. The molecule has 35 heavy (non-hydrogen) atoms. The van der Waals surface area contributed by atoms with E-state index in [1.165, 1.54) is 23.2 Å². The molecule has 3 aromatic rings. The molecule has 1 aliphatic heterocycles. The van der Waals surface area contributed by atoms with Gasteiger partial charge >= 0.3 is 0 Å². The molecule has 2 N–H and O–H groups in total. The predicted octanol–water partition coefficient (Wildman–Crippen LogP) is 4.57. The van der Waals surface area contributed by atoms with Crippen LogP contribution in [0, 0.1) is 13.8 Å². The number of amides is 2. The molecule has 1 unspecified atom stereocenters. The minimum Gasteiger partial charge on any atom is -0.503 e. The zero-order valence-electron chi connectivity index (χ0n) is 20.1. The number of anilines is 3. The van der Waals surface area contributed by atoms with Crippen LogP contribution in [0.2, 0.25) is 0 Å². The lowest BCUT2D eigenvalue weighted by molar-refractivity contribution is -0.117. The molecule has 0 fully saturated rings. The number of aliphatic hydroxyl groups is 1. The van der Waals surface area contributed by atoms with Crippen molar-refractivity contribution >= 4 is 46.0 Å². The average Bonchev–Trinajstić information content (AvgIpc) is 3.28. The Morgan fingerprint density at radius 3 is 2.37 bits per heavy atom. The third-order valence-electron chi connectivity index (χ3n) is 5.73. The molecular formula is C26H26N4O4S. The van der Waals surface area contributed by atoms with Gasteiger partial charge in [0, 0.05) is 38.1 Å². The summed E-state index contributed by atoms with van der Waals surface area (Å²) < 4.78 is 0. The molecule has 2 amide bonds. The van der Waals surface area contributed by atoms with E-state index in [0.717, 1.165) is 10.7 Å². The molecule has 8 nitrogen and oxygen atoms in total. The van der Waals surface area contributed by atoms with Crippen molar-refractivity contribution in [2.45, 2.75) is 26.8 Å². The Labute approximate surface area is 207 Å². The van der Waals surface area contributed by atoms with E-state index in [2.05, 4.69) is 10.3 Å². The summed E-state index contributed by atoms with van der Waals surface area (Å²) in [6, 6.07) is 13.4. The molecule has 1 aromatic heterocycles. The minimum atomic E-state index is -0.861. The second kappa shape index (κ2) is 9.34. The van der Waals surface area contributed by atoms with E-state index in [1.807, 2.05) is 43.3 Å². The van der Waals surface area contributed by atoms with Crippen LogP contribution in [0.25, 0.3) is 0 Å². The van der Waals surface area contributed by atoms with Crippen molar-refractivity contribution in [3.63, 3.8) is 0 Å². The highest BCUT2D eigenvalue weighted by Crippen LogP contribution is 2.43. The summed E-state index contributed by atoms with van der Waals surface area (Å²) in [6.45, 7) is 4.94. The van der Waals surface area contributed by atoms with Crippen LogP contribution in [0.1, 0.15) is 38.9 Å². The molecule has 1 aliphatic rings. The topological polar surface area (TPSA) is 103 Å². The van der Waals surface area contributed by atoms with E-state index in [1.54, 1.807) is 38.1 Å². The normalized spacial score (nSPS) is 15.5. The number of nitrogens with one attached hydrogen (secondary N) is 1. The van der Waals surface area contributed by atoms with Gasteiger partial charge in [0.1, 0.15) is 0 Å². The Hall–Kier alpha value is -3.98. The van der Waals surface area contributed by atoms with E-state index < -0.39 is 23.5 Å². The van der Waals surface area contributed by atoms with Gasteiger partial charge in [-0.1, -0.05) is 18.2 Å². The fourth-order valence-corrected chi connectivity index (χ4v) is 5.05. The Morgan fingerprint density at radius 1 is 1.11 bits per heavy atom. The third-order valence-corrected chi connectivity index (χ3v) is 6.80. The molecule has 0 spiro atoms. The molecule has 2 heterocycles. The molecule has 9 heteroatoms. The van der Waals surface area contributed by atoms with Gasteiger partial charge in [0.15, 0.2) is 5.76 Å². The number of aryl methyl sites for hydroxylation is 2. The maximum absolute atomic E-state index is 13.7. The number of carbonyl (C=O) groups excluding carboxylic acids is 3. The number of thiazole rings is 1. The van der Waals surface area contributed by atoms with Crippen LogP contribution in [0.15, 0.2) is 59.9 Å². The molecule has 0 radical (unpaired) electrons. The fraction of sp³-hybridized carbons (Fsp3) is 0.231. The van der Waals surface area contributed by atoms with E-state index in [4.69, 9.17) is 0 Å². The maximum atomic E-state index is 13.7. The van der Waals surface area contributed by atoms with Crippen molar-refractivity contribution < 1.29 is 19.5 Å². The second-order valence-electron chi connectivity index (χ2n) is 8.53. The number of carbonyl (C=O) groups is 3. The second-order valence-corrected chi connectivity index (χ2v) is 9.74. The van der Waals surface area contributed by atoms with Crippen LogP contribution in [0.3, 0.4) is 0 Å². The van der Waals surface area contributed by atoms with Crippen LogP contribution in [0.4, 0.5) is 17.1 Å². The first-order valence-corrected chi connectivity index (χ1v) is 11.8. The number of aromatic nitrogens is 1. The highest BCUT2D eigenvalue weighted by atomic mass is 32.1. The Kier molecular flexibility index (Phi) is 6.45. The largest absolute Gasteiger partial charge is 0.503 e. The molecule has 180 valence electrons. The summed E-state index contributed by atoms with van der Waals surface area (Å²) in [5.74, 6) is -1.96. The Morgan fingerprint density at radius 2 is 1.80 bits per heavy atom. The van der Waals surface area contributed by atoms with Crippen molar-refractivity contribution in [2.24, 2.45) is 0 Å². The predicted molar refractivity (Wildman–Crippen MR) is 137 cm³/mol. The summed E-state index contributed by atoms with van der Waals surface area (Å²) >= 11 is 1.23. The summed E-state index contributed by atoms with van der Waals surface area (Å²) in [6.07, 6.45) is 0. The number of ketones is 1. The van der Waals surface area contributed by atoms with Gasteiger partial charge in [-0.15, -0.1) is 11.3 Å². The molecule has 0 aliphatic carbocycles. The summed E-state index contributed by atoms with van der Waals surface area (Å²) in [5.41, 5.74) is 3.11. The van der Waals surface area contributed by atoms with Gasteiger partial charge in [-0.2, -0.15) is 0 Å². The van der Waals surface area contributed by atoms with Crippen molar-refractivity contribution in [1.29, 1.82) is 0 Å². The van der Waals surface area contributed by atoms with Gasteiger partial charge in [0.2, 0.25) is 11.7 Å². The molecule has 2 aromatic carbocycles. The van der Waals surface area contributed by atoms with Gasteiger partial charge in [-0.3, -0.25) is 19.3 Å². The number of rotatable bonds is 6. The van der Waals surface area contributed by atoms with Crippen LogP contribution in [0.5, 0.6) is 0 Å². The SMILES string of the molecule is CC(=O)Nc1cccc(N2C(=O)C(O)=C(C(=O)c3sc(C)nc3C)C2c2ccc(N(C)C)cc2)c1. The number of Topliss-reactive ketones (excluding diaryl/α,β-unsaturated/α-hetero) is 1. The van der Waals surface area contributed by atoms with E-state index >= 15 is 0 Å². The number of benzene rings is 2. The van der Waals surface area contributed by atoms with Crippen LogP contribution in [-0.4, -0.2) is 41.8 Å². The van der Waals surface area contributed by atoms with Gasteiger partial charge in [0.25, 0.3) is 5.91 Å². The Bertz CT molecular complexity index is 1360. The highest BCUT2D eigenvalue weighted by Gasteiger charge is 2.45. The van der Waals surface area contributed by atoms with Crippen molar-refractivity contribution in [1.82, 2.24) is 4.98 Å². The van der Waals surface area contributed by atoms with E-state index in [0.29, 0.717) is 27.5 Å². The van der Waals surface area contributed by atoms with Gasteiger partial charge in [-0.05, 0) is 49.7 Å². The zero-order valence-corrected chi connectivity index (χ0v) is 20.9. The van der Waals surface area contributed by atoms with Crippen LogP contribution in [-0.2, 0) is 9.59 Å². The number of nitrogens with zero attached hydrogens (tertiary/aromatic N) is 3.